The number of hydrogen-bond acceptors (Lipinski definition) is 5. The minimum Gasteiger partial charge on any atom is -0.396 e. The highest BCUT2D eigenvalue weighted by Crippen LogP contribution is 2.34. The van der Waals surface area contributed by atoms with Gasteiger partial charge in [-0.1, -0.05) is 42.5 Å². The van der Waals surface area contributed by atoms with Gasteiger partial charge < -0.3 is 10.4 Å². The van der Waals surface area contributed by atoms with E-state index in [0.29, 0.717) is 0 Å². The van der Waals surface area contributed by atoms with Crippen LogP contribution in [0.15, 0.2) is 65.9 Å². The van der Waals surface area contributed by atoms with Crippen LogP contribution in [0.1, 0.15) is 53.6 Å². The first-order chi connectivity index (χ1) is 16.8. The Bertz CT molecular complexity index is 1210. The van der Waals surface area contributed by atoms with Crippen LogP contribution in [-0.2, 0) is 13.0 Å². The number of hydrogen-bond donors (Lipinski definition) is 3. The second-order valence-corrected chi connectivity index (χ2v) is 8.79. The number of nitrogens with zero attached hydrogens (tertiary/aromatic N) is 3. The van der Waals surface area contributed by atoms with E-state index in [0.717, 1.165) is 91.1 Å². The topological polar surface area (TPSA) is 86.2 Å². The molecule has 0 atom stereocenters. The van der Waals surface area contributed by atoms with Crippen molar-refractivity contribution in [2.75, 3.05) is 19.7 Å². The molecule has 0 saturated carbocycles. The van der Waals surface area contributed by atoms with Gasteiger partial charge in [0.1, 0.15) is 0 Å². The first-order valence-corrected chi connectivity index (χ1v) is 12.2. The minimum absolute atomic E-state index is 0.257. The Balaban J connectivity index is 1.48. The smallest absolute Gasteiger partial charge is 0.0784 e. The molecule has 34 heavy (non-hydrogen) atoms. The summed E-state index contributed by atoms with van der Waals surface area (Å²) in [7, 11) is 0. The number of unbranched alkanes of at least 4 members (excludes halogenated alkanes) is 1. The maximum absolute atomic E-state index is 8.92. The van der Waals surface area contributed by atoms with E-state index in [1.54, 1.807) is 0 Å². The molecule has 3 aromatic rings. The lowest BCUT2D eigenvalue weighted by Gasteiger charge is -2.21. The number of benzene rings is 1. The number of aromatic amines is 1. The van der Waals surface area contributed by atoms with Gasteiger partial charge in [0.2, 0.25) is 0 Å². The fraction of sp³-hybridized carbons (Fsp3) is 0.321. The molecule has 2 aromatic heterocycles. The molecular weight excluding hydrogens is 422 g/mol. The number of pyridine rings is 1. The third-order valence-corrected chi connectivity index (χ3v) is 6.37. The molecule has 174 valence electrons. The van der Waals surface area contributed by atoms with Gasteiger partial charge in [-0.2, -0.15) is 5.10 Å². The van der Waals surface area contributed by atoms with E-state index < -0.39 is 0 Å². The van der Waals surface area contributed by atoms with Gasteiger partial charge >= 0.3 is 0 Å². The van der Waals surface area contributed by atoms with Crippen molar-refractivity contribution in [2.45, 2.75) is 38.6 Å². The Labute approximate surface area is 200 Å². The monoisotopic (exact) mass is 453 g/mol. The Morgan fingerprint density at radius 3 is 2.71 bits per heavy atom. The van der Waals surface area contributed by atoms with Crippen LogP contribution in [0.25, 0.3) is 16.8 Å². The summed E-state index contributed by atoms with van der Waals surface area (Å²) in [5, 5.41) is 19.4. The molecule has 2 aliphatic rings. The average Bonchev–Trinajstić information content (AvgIpc) is 3.43. The van der Waals surface area contributed by atoms with Crippen LogP contribution < -0.4 is 5.32 Å². The van der Waals surface area contributed by atoms with Crippen molar-refractivity contribution >= 4 is 11.3 Å². The highest BCUT2D eigenvalue weighted by atomic mass is 16.2. The number of fused-ring (bicyclic) bond motifs is 1. The van der Waals surface area contributed by atoms with Crippen molar-refractivity contribution in [3.8, 4) is 11.3 Å². The van der Waals surface area contributed by atoms with Crippen LogP contribution >= 0.6 is 0 Å². The van der Waals surface area contributed by atoms with Gasteiger partial charge in [-0.25, -0.2) is 0 Å². The Hall–Kier alpha value is -3.35. The van der Waals surface area contributed by atoms with Crippen LogP contribution in [0.3, 0.4) is 0 Å². The van der Waals surface area contributed by atoms with Gasteiger partial charge in [-0.3, -0.25) is 15.1 Å². The zero-order chi connectivity index (χ0) is 23.2. The maximum Gasteiger partial charge on any atom is 0.0784 e. The third kappa shape index (κ3) is 4.93. The summed E-state index contributed by atoms with van der Waals surface area (Å²) in [6, 6.07) is 11.0. The average molecular weight is 454 g/mol. The number of rotatable bonds is 9. The lowest BCUT2D eigenvalue weighted by Crippen LogP contribution is -2.17. The van der Waals surface area contributed by atoms with Crippen molar-refractivity contribution in [3.05, 3.63) is 88.9 Å². The SMILES string of the molecule is OCCCCNCc1ccc(-c2nc3c(cc2C2=CCCC=C2)C(c2cn[nH]c2)=NCC3)cc1. The number of aliphatic hydroxyl groups is 1. The Morgan fingerprint density at radius 1 is 1.03 bits per heavy atom. The highest BCUT2D eigenvalue weighted by Gasteiger charge is 2.22. The fourth-order valence-electron chi connectivity index (χ4n) is 4.56. The van der Waals surface area contributed by atoms with Crippen LogP contribution in [0.4, 0.5) is 0 Å². The van der Waals surface area contributed by atoms with E-state index in [9.17, 15) is 0 Å². The van der Waals surface area contributed by atoms with Crippen LogP contribution in [0, 0.1) is 0 Å². The number of aromatic nitrogens is 3. The first kappa shape index (κ1) is 22.4. The molecule has 3 heterocycles. The third-order valence-electron chi connectivity index (χ3n) is 6.37. The molecule has 0 spiro atoms. The minimum atomic E-state index is 0.257. The highest BCUT2D eigenvalue weighted by molar-refractivity contribution is 6.14. The normalized spacial score (nSPS) is 15.1. The molecule has 0 fully saturated rings. The molecule has 0 radical (unpaired) electrons. The first-order valence-electron chi connectivity index (χ1n) is 12.2. The molecule has 0 saturated heterocycles. The summed E-state index contributed by atoms with van der Waals surface area (Å²) in [6.07, 6.45) is 15.3. The van der Waals surface area contributed by atoms with Crippen molar-refractivity contribution in [1.29, 1.82) is 0 Å². The number of nitrogens with one attached hydrogen (secondary N) is 2. The number of aliphatic imine (C=N–C) groups is 1. The molecule has 0 amide bonds. The molecule has 0 bridgehead atoms. The quantitative estimate of drug-likeness (QED) is 0.418. The summed E-state index contributed by atoms with van der Waals surface area (Å²) in [5.74, 6) is 0. The number of aliphatic hydroxyl groups excluding tert-OH is 1. The summed E-state index contributed by atoms with van der Waals surface area (Å²) < 4.78 is 0. The zero-order valence-electron chi connectivity index (χ0n) is 19.4. The van der Waals surface area contributed by atoms with E-state index in [1.165, 1.54) is 11.1 Å². The van der Waals surface area contributed by atoms with Gasteiger partial charge in [0, 0.05) is 54.6 Å². The number of H-pyrrole nitrogens is 1. The Kier molecular flexibility index (Phi) is 7.08. The second kappa shape index (κ2) is 10.7. The van der Waals surface area contributed by atoms with Gasteiger partial charge in [0.15, 0.2) is 0 Å². The van der Waals surface area contributed by atoms with Crippen LogP contribution in [0.5, 0.6) is 0 Å². The van der Waals surface area contributed by atoms with Crippen molar-refractivity contribution in [1.82, 2.24) is 20.5 Å². The lowest BCUT2D eigenvalue weighted by molar-refractivity contribution is 0.283. The van der Waals surface area contributed by atoms with E-state index in [1.807, 2.05) is 12.4 Å². The predicted octanol–water partition coefficient (Wildman–Crippen LogP) is 4.46. The molecule has 6 nitrogen and oxygen atoms in total. The summed E-state index contributed by atoms with van der Waals surface area (Å²) in [6.45, 7) is 2.74. The molecular formula is C28H31N5O. The van der Waals surface area contributed by atoms with Crippen LogP contribution in [0.2, 0.25) is 0 Å². The van der Waals surface area contributed by atoms with Crippen molar-refractivity contribution < 1.29 is 5.11 Å². The van der Waals surface area contributed by atoms with Gasteiger partial charge in [-0.05, 0) is 49.4 Å². The summed E-state index contributed by atoms with van der Waals surface area (Å²) >= 11 is 0. The molecule has 0 unspecified atom stereocenters. The van der Waals surface area contributed by atoms with Crippen molar-refractivity contribution in [2.24, 2.45) is 4.99 Å². The standard InChI is InChI=1S/C28H31N5O/c34-15-5-4-13-29-17-20-8-10-22(11-9-20)28-24(21-6-2-1-3-7-21)16-25-26(33-28)12-14-30-27(25)23-18-31-32-19-23/h2,6-11,16,18-19,29,34H,1,3-5,12-15,17H2,(H,31,32). The van der Waals surface area contributed by atoms with Crippen LogP contribution in [-0.4, -0.2) is 45.7 Å². The molecule has 1 aliphatic carbocycles. The maximum atomic E-state index is 8.92. The summed E-state index contributed by atoms with van der Waals surface area (Å²) in [4.78, 5) is 10.0. The molecule has 6 heteroatoms. The van der Waals surface area contributed by atoms with E-state index in [-0.39, 0.29) is 6.61 Å². The van der Waals surface area contributed by atoms with Gasteiger partial charge in [0.05, 0.1) is 23.3 Å². The number of allylic oxidation sites excluding steroid dienone is 4. The van der Waals surface area contributed by atoms with Gasteiger partial charge in [-0.15, -0.1) is 0 Å². The largest absolute Gasteiger partial charge is 0.396 e. The molecule has 3 N–H and O–H groups in total. The lowest BCUT2D eigenvalue weighted by atomic mass is 9.90. The van der Waals surface area contributed by atoms with Gasteiger partial charge in [0.25, 0.3) is 0 Å². The van der Waals surface area contributed by atoms with E-state index in [4.69, 9.17) is 15.1 Å². The second-order valence-electron chi connectivity index (χ2n) is 8.79. The van der Waals surface area contributed by atoms with Crippen molar-refractivity contribution in [3.63, 3.8) is 0 Å². The molecule has 1 aromatic carbocycles. The molecule has 1 aliphatic heterocycles. The predicted molar refractivity (Wildman–Crippen MR) is 137 cm³/mol. The zero-order valence-corrected chi connectivity index (χ0v) is 19.4. The van der Waals surface area contributed by atoms with E-state index >= 15 is 0 Å². The molecule has 5 rings (SSSR count). The fourth-order valence-corrected chi connectivity index (χ4v) is 4.56. The Morgan fingerprint density at radius 2 is 1.94 bits per heavy atom. The van der Waals surface area contributed by atoms with E-state index in [2.05, 4.69) is 64.1 Å². The summed E-state index contributed by atoms with van der Waals surface area (Å²) in [5.41, 5.74) is 9.98.